The maximum atomic E-state index is 4.66. The Morgan fingerprint density at radius 2 is 0.277 bits per heavy atom. The molecule has 0 aliphatic heterocycles. The van der Waals surface area contributed by atoms with Gasteiger partial charge in [-0.05, 0) is 0 Å². The number of benzene rings is 12. The van der Waals surface area contributed by atoms with Gasteiger partial charge in [-0.25, -0.2) is 0 Å². The molecule has 0 unspecified atom stereocenters. The molecule has 0 bridgehead atoms. The molecule has 83 heavy (non-hydrogen) atoms. The average molecular weight is 1250 g/mol. The van der Waals surface area contributed by atoms with E-state index in [1.165, 1.54) is 63.7 Å². The third-order valence-corrected chi connectivity index (χ3v) is 119. The number of hydrogen-bond donors (Lipinski definition) is 0. The predicted molar refractivity (Wildman–Crippen MR) is 370 cm³/mol. The first-order valence-corrected chi connectivity index (χ1v) is 45.0. The molecule has 0 radical (unpaired) electrons. The maximum absolute atomic E-state index is 4.66. The molecule has 0 amide bonds. The molecule has 0 heterocycles. The van der Waals surface area contributed by atoms with Crippen LogP contribution in [-0.2, 0) is 23.0 Å². The van der Waals surface area contributed by atoms with E-state index in [2.05, 4.69) is 373 Å². The first-order valence-electron chi connectivity index (χ1n) is 28.5. The molecular weight excluding hydrogens is 1180 g/mol. The molecule has 420 valence electrons. The first kappa shape index (κ1) is 57.7. The third-order valence-electron chi connectivity index (χ3n) is 15.8. The molecule has 0 saturated heterocycles. The molecule has 0 aliphatic carbocycles. The molecule has 12 aromatic carbocycles. The first-order chi connectivity index (χ1) is 41.2. The van der Waals surface area contributed by atoms with E-state index in [0.29, 0.717) is 13.2 Å². The Hall–Kier alpha value is -7.06. The van der Waals surface area contributed by atoms with E-state index in [0.717, 1.165) is 0 Å². The van der Waals surface area contributed by atoms with Crippen LogP contribution >= 0.6 is 21.8 Å². The van der Waals surface area contributed by atoms with Crippen LogP contribution in [0.2, 0.25) is 0 Å². The van der Waals surface area contributed by atoms with Crippen LogP contribution in [0.1, 0.15) is 0 Å². The molecular formula is C76H74O2P4Pd. The van der Waals surface area contributed by atoms with Gasteiger partial charge in [0.25, 0.3) is 0 Å². The van der Waals surface area contributed by atoms with Crippen molar-refractivity contribution in [2.24, 2.45) is 0 Å². The van der Waals surface area contributed by atoms with Crippen molar-refractivity contribution >= 4 is 85.5 Å². The SMILES string of the molecule is COCCOC.c1ccc([PH](c2ccccc2)(c2ccccc2)[Pd]([PH](c2ccccc2)(c2ccccc2)c2ccccc2)([PH](c2ccccc2)(c2ccccc2)c2ccccc2)[PH](c2ccccc2)(c2ccccc2)c2ccccc2)cc1. The molecule has 0 N–H and O–H groups in total. The topological polar surface area (TPSA) is 18.5 Å². The monoisotopic (exact) mass is 1250 g/mol. The average Bonchev–Trinajstić information content (AvgIpc) is 0.634. The third kappa shape index (κ3) is 9.97. The predicted octanol–water partition coefficient (Wildman–Crippen LogP) is 13.0. The number of rotatable bonds is 19. The molecule has 0 aromatic heterocycles. The van der Waals surface area contributed by atoms with Crippen molar-refractivity contribution in [3.8, 4) is 0 Å². The Morgan fingerprint density at radius 1 is 0.181 bits per heavy atom. The van der Waals surface area contributed by atoms with E-state index in [1.54, 1.807) is 14.2 Å². The van der Waals surface area contributed by atoms with Crippen molar-refractivity contribution in [1.29, 1.82) is 0 Å². The van der Waals surface area contributed by atoms with E-state index in [4.69, 9.17) is 0 Å². The number of methoxy groups -OCH3 is 2. The Balaban J connectivity index is 0.00000114. The standard InChI is InChI=1S/4C18H15P.C4H10O2.Pd/c4*1-4-10-16(11-5-1)19(17-12-6-2-7-13-17)18-14-8-3-9-15-18;1-5-3-4-6-2;/h4*1-15H;3-4H2,1-2H3;/q;;;;;-4/p+4. The minimum absolute atomic E-state index is 0.691. The molecule has 12 aromatic rings. The van der Waals surface area contributed by atoms with Gasteiger partial charge in [-0.2, -0.15) is 0 Å². The Morgan fingerprint density at radius 3 is 0.361 bits per heavy atom. The molecule has 0 fully saturated rings. The van der Waals surface area contributed by atoms with Crippen LogP contribution in [0.15, 0.2) is 364 Å². The van der Waals surface area contributed by atoms with Gasteiger partial charge in [-0.15, -0.1) is 0 Å². The zero-order valence-corrected chi connectivity index (χ0v) is 52.7. The molecule has 2 nitrogen and oxygen atoms in total. The van der Waals surface area contributed by atoms with Gasteiger partial charge in [0.05, 0.1) is 13.2 Å². The second-order valence-electron chi connectivity index (χ2n) is 20.3. The Kier molecular flexibility index (Phi) is 18.9. The molecule has 0 spiro atoms. The van der Waals surface area contributed by atoms with Crippen LogP contribution in [-0.4, -0.2) is 27.4 Å². The van der Waals surface area contributed by atoms with E-state index >= 15 is 0 Å². The van der Waals surface area contributed by atoms with Crippen LogP contribution in [0.3, 0.4) is 0 Å². The van der Waals surface area contributed by atoms with Gasteiger partial charge in [0.1, 0.15) is 0 Å². The quantitative estimate of drug-likeness (QED) is 0.0456. The summed E-state index contributed by atoms with van der Waals surface area (Å²) < 4.78 is 9.31. The molecule has 12 rings (SSSR count). The molecule has 0 saturated carbocycles. The second-order valence-corrected chi connectivity index (χ2v) is 70.9. The normalized spacial score (nSPS) is 13.7. The summed E-state index contributed by atoms with van der Waals surface area (Å²) in [5.41, 5.74) is -15.7. The van der Waals surface area contributed by atoms with Gasteiger partial charge in [0.15, 0.2) is 0 Å². The summed E-state index contributed by atoms with van der Waals surface area (Å²) in [6.45, 7) is 1.38. The summed E-state index contributed by atoms with van der Waals surface area (Å²) in [5, 5.41) is 17.4. The minimum atomic E-state index is -4.52. The van der Waals surface area contributed by atoms with Gasteiger partial charge in [0.2, 0.25) is 0 Å². The van der Waals surface area contributed by atoms with E-state index in [-0.39, 0.29) is 0 Å². The van der Waals surface area contributed by atoms with Crippen LogP contribution < -0.4 is 63.7 Å². The summed E-state index contributed by atoms with van der Waals surface area (Å²) in [7, 11) is 3.30. The summed E-state index contributed by atoms with van der Waals surface area (Å²) in [4.78, 5) is 0. The van der Waals surface area contributed by atoms with Gasteiger partial charge in [-0.3, -0.25) is 0 Å². The van der Waals surface area contributed by atoms with E-state index < -0.39 is 35.4 Å². The van der Waals surface area contributed by atoms with Gasteiger partial charge < -0.3 is 9.47 Å². The van der Waals surface area contributed by atoms with Gasteiger partial charge >= 0.3 is 463 Å². The van der Waals surface area contributed by atoms with E-state index in [1.807, 2.05) is 0 Å². The van der Waals surface area contributed by atoms with Crippen molar-refractivity contribution < 1.29 is 23.0 Å². The summed E-state index contributed by atoms with van der Waals surface area (Å²) in [6, 6.07) is 146. The van der Waals surface area contributed by atoms with Gasteiger partial charge in [0, 0.05) is 14.2 Å². The number of hydrogen-bond acceptors (Lipinski definition) is 2. The fourth-order valence-electron chi connectivity index (χ4n) is 12.8. The molecule has 7 heteroatoms. The summed E-state index contributed by atoms with van der Waals surface area (Å²) in [5.74, 6) is 0. The summed E-state index contributed by atoms with van der Waals surface area (Å²) in [6.07, 6.45) is 0. The van der Waals surface area contributed by atoms with Crippen molar-refractivity contribution in [2.75, 3.05) is 27.4 Å². The molecule has 0 atom stereocenters. The van der Waals surface area contributed by atoms with Gasteiger partial charge in [-0.1, -0.05) is 0 Å². The zero-order chi connectivity index (χ0) is 56.7. The van der Waals surface area contributed by atoms with Crippen LogP contribution in [0.5, 0.6) is 0 Å². The van der Waals surface area contributed by atoms with Crippen LogP contribution in [0.25, 0.3) is 0 Å². The van der Waals surface area contributed by atoms with Crippen molar-refractivity contribution in [2.45, 2.75) is 0 Å². The van der Waals surface area contributed by atoms with Crippen molar-refractivity contribution in [1.82, 2.24) is 0 Å². The Bertz CT molecular complexity index is 2940. The fourth-order valence-corrected chi connectivity index (χ4v) is 175. The van der Waals surface area contributed by atoms with Crippen molar-refractivity contribution in [3.63, 3.8) is 0 Å². The molecule has 0 aliphatic rings. The Labute approximate surface area is 496 Å². The van der Waals surface area contributed by atoms with Crippen molar-refractivity contribution in [3.05, 3.63) is 364 Å². The number of ether oxygens (including phenoxy) is 2. The van der Waals surface area contributed by atoms with Crippen LogP contribution in [0, 0.1) is 0 Å². The fraction of sp³-hybridized carbons (Fsp3) is 0.0526. The second kappa shape index (κ2) is 27.1. The van der Waals surface area contributed by atoms with E-state index in [9.17, 15) is 0 Å². The van der Waals surface area contributed by atoms with Crippen LogP contribution in [0.4, 0.5) is 0 Å². The zero-order valence-electron chi connectivity index (χ0n) is 47.2. The summed E-state index contributed by atoms with van der Waals surface area (Å²) >= 11 is -4.52.